The molecule has 0 aliphatic rings. The number of nitrogens with one attached hydrogen (secondary N) is 2. The predicted octanol–water partition coefficient (Wildman–Crippen LogP) is 5.76. The van der Waals surface area contributed by atoms with E-state index < -0.39 is 0 Å². The van der Waals surface area contributed by atoms with Gasteiger partial charge in [-0.25, -0.2) is 4.79 Å². The van der Waals surface area contributed by atoms with Crippen LogP contribution in [-0.4, -0.2) is 27.9 Å². The molecule has 0 aliphatic carbocycles. The quantitative estimate of drug-likeness (QED) is 0.318. The number of anilines is 1. The molecule has 1 aromatic heterocycles. The standard InChI is InChI=1S/C26H27N5O2S/c1-18-12-14-22(15-13-18)31-24(29-30-26(31)34-17-20-8-5-4-6-9-20)19(2)27-25(32)28-21-10-7-11-23(16-21)33-3/h4-16,19H,17H2,1-3H3,(H2,27,28,32). The maximum Gasteiger partial charge on any atom is 0.319 e. The lowest BCUT2D eigenvalue weighted by molar-refractivity contribution is 0.249. The lowest BCUT2D eigenvalue weighted by Crippen LogP contribution is -2.32. The van der Waals surface area contributed by atoms with Crippen LogP contribution < -0.4 is 15.4 Å². The third kappa shape index (κ3) is 5.77. The number of methoxy groups -OCH3 is 1. The number of rotatable bonds is 8. The molecule has 0 saturated heterocycles. The maximum atomic E-state index is 12.7. The summed E-state index contributed by atoms with van der Waals surface area (Å²) in [5, 5.41) is 15.5. The molecule has 3 aromatic carbocycles. The van der Waals surface area contributed by atoms with Crippen LogP contribution in [0.1, 0.15) is 29.9 Å². The van der Waals surface area contributed by atoms with E-state index in [0.717, 1.165) is 16.6 Å². The molecule has 1 atom stereocenters. The number of aromatic nitrogens is 3. The highest BCUT2D eigenvalue weighted by atomic mass is 32.2. The zero-order valence-electron chi connectivity index (χ0n) is 19.4. The summed E-state index contributed by atoms with van der Waals surface area (Å²) in [5.74, 6) is 2.09. The average molecular weight is 474 g/mol. The van der Waals surface area contributed by atoms with Gasteiger partial charge in [-0.1, -0.05) is 65.9 Å². The third-order valence-corrected chi connectivity index (χ3v) is 6.22. The van der Waals surface area contributed by atoms with E-state index in [0.29, 0.717) is 17.3 Å². The fourth-order valence-corrected chi connectivity index (χ4v) is 4.36. The highest BCUT2D eigenvalue weighted by Crippen LogP contribution is 2.28. The molecule has 2 amide bonds. The van der Waals surface area contributed by atoms with E-state index in [1.54, 1.807) is 31.0 Å². The van der Waals surface area contributed by atoms with Gasteiger partial charge >= 0.3 is 6.03 Å². The molecule has 1 unspecified atom stereocenters. The Labute approximate surface area is 203 Å². The Morgan fingerprint density at radius 2 is 1.79 bits per heavy atom. The molecule has 0 spiro atoms. The van der Waals surface area contributed by atoms with E-state index >= 15 is 0 Å². The van der Waals surface area contributed by atoms with E-state index in [-0.39, 0.29) is 12.1 Å². The van der Waals surface area contributed by atoms with Gasteiger partial charge in [0.05, 0.1) is 13.2 Å². The van der Waals surface area contributed by atoms with Crippen molar-refractivity contribution in [3.8, 4) is 11.4 Å². The topological polar surface area (TPSA) is 81.1 Å². The number of aryl methyl sites for hydroxylation is 1. The van der Waals surface area contributed by atoms with Crippen LogP contribution in [-0.2, 0) is 5.75 Å². The van der Waals surface area contributed by atoms with E-state index in [4.69, 9.17) is 4.74 Å². The molecule has 7 nitrogen and oxygen atoms in total. The second-order valence-corrected chi connectivity index (χ2v) is 8.78. The number of benzene rings is 3. The highest BCUT2D eigenvalue weighted by Gasteiger charge is 2.21. The minimum absolute atomic E-state index is 0.335. The van der Waals surface area contributed by atoms with Gasteiger partial charge in [0.1, 0.15) is 5.75 Å². The second kappa shape index (κ2) is 10.9. The molecule has 0 aliphatic heterocycles. The molecule has 0 fully saturated rings. The second-order valence-electron chi connectivity index (χ2n) is 7.84. The van der Waals surface area contributed by atoms with E-state index in [2.05, 4.69) is 52.0 Å². The summed E-state index contributed by atoms with van der Waals surface area (Å²) < 4.78 is 7.23. The summed E-state index contributed by atoms with van der Waals surface area (Å²) in [6.45, 7) is 3.94. The summed E-state index contributed by atoms with van der Waals surface area (Å²) in [6, 6.07) is 24.9. The minimum atomic E-state index is -0.384. The van der Waals surface area contributed by atoms with Crippen LogP contribution in [0, 0.1) is 6.92 Å². The zero-order chi connectivity index (χ0) is 23.9. The van der Waals surface area contributed by atoms with Crippen molar-refractivity contribution in [3.63, 3.8) is 0 Å². The first kappa shape index (κ1) is 23.4. The Kier molecular flexibility index (Phi) is 7.49. The van der Waals surface area contributed by atoms with Gasteiger partial charge < -0.3 is 15.4 Å². The Bertz CT molecular complexity index is 1240. The first-order valence-corrected chi connectivity index (χ1v) is 11.9. The summed E-state index contributed by atoms with van der Waals surface area (Å²) in [4.78, 5) is 12.7. The van der Waals surface area contributed by atoms with Gasteiger partial charge in [-0.05, 0) is 43.7 Å². The van der Waals surface area contributed by atoms with Gasteiger partial charge in [-0.15, -0.1) is 10.2 Å². The average Bonchev–Trinajstić information content (AvgIpc) is 3.28. The van der Waals surface area contributed by atoms with Gasteiger partial charge in [0.2, 0.25) is 0 Å². The number of hydrogen-bond donors (Lipinski definition) is 2. The van der Waals surface area contributed by atoms with Crippen molar-refractivity contribution >= 4 is 23.5 Å². The summed E-state index contributed by atoms with van der Waals surface area (Å²) >= 11 is 1.61. The van der Waals surface area contributed by atoms with Gasteiger partial charge in [-0.2, -0.15) is 0 Å². The van der Waals surface area contributed by atoms with Crippen LogP contribution in [0.15, 0.2) is 84.0 Å². The number of hydrogen-bond acceptors (Lipinski definition) is 5. The smallest absolute Gasteiger partial charge is 0.319 e. The Morgan fingerprint density at radius 1 is 1.03 bits per heavy atom. The van der Waals surface area contributed by atoms with Crippen molar-refractivity contribution in [3.05, 3.63) is 95.8 Å². The number of ether oxygens (including phenoxy) is 1. The third-order valence-electron chi connectivity index (χ3n) is 5.22. The highest BCUT2D eigenvalue weighted by molar-refractivity contribution is 7.98. The first-order chi connectivity index (χ1) is 16.5. The molecule has 0 radical (unpaired) electrons. The molecule has 4 aromatic rings. The van der Waals surface area contributed by atoms with Crippen molar-refractivity contribution in [2.24, 2.45) is 0 Å². The van der Waals surface area contributed by atoms with Crippen molar-refractivity contribution in [2.75, 3.05) is 12.4 Å². The predicted molar refractivity (Wildman–Crippen MR) is 136 cm³/mol. The van der Waals surface area contributed by atoms with Crippen molar-refractivity contribution < 1.29 is 9.53 Å². The van der Waals surface area contributed by atoms with Gasteiger partial charge in [0.25, 0.3) is 0 Å². The number of urea groups is 1. The number of carbonyl (C=O) groups is 1. The van der Waals surface area contributed by atoms with E-state index in [1.807, 2.05) is 54.0 Å². The molecule has 4 rings (SSSR count). The summed E-state index contributed by atoms with van der Waals surface area (Å²) in [6.07, 6.45) is 0. The van der Waals surface area contributed by atoms with Crippen LogP contribution in [0.4, 0.5) is 10.5 Å². The van der Waals surface area contributed by atoms with Crippen LogP contribution in [0.3, 0.4) is 0 Å². The zero-order valence-corrected chi connectivity index (χ0v) is 20.2. The fourth-order valence-electron chi connectivity index (χ4n) is 3.44. The molecule has 174 valence electrons. The lowest BCUT2D eigenvalue weighted by Gasteiger charge is -2.17. The lowest BCUT2D eigenvalue weighted by atomic mass is 10.2. The van der Waals surface area contributed by atoms with Crippen LogP contribution >= 0.6 is 11.8 Å². The molecule has 8 heteroatoms. The molecular formula is C26H27N5O2S. The number of carbonyl (C=O) groups excluding carboxylic acids is 1. The van der Waals surface area contributed by atoms with Crippen molar-refractivity contribution in [1.29, 1.82) is 0 Å². The number of amides is 2. The maximum absolute atomic E-state index is 12.7. The van der Waals surface area contributed by atoms with Crippen molar-refractivity contribution in [1.82, 2.24) is 20.1 Å². The number of thioether (sulfide) groups is 1. The molecule has 2 N–H and O–H groups in total. The SMILES string of the molecule is COc1cccc(NC(=O)NC(C)c2nnc(SCc3ccccc3)n2-c2ccc(C)cc2)c1. The summed E-state index contributed by atoms with van der Waals surface area (Å²) in [7, 11) is 1.59. The van der Waals surface area contributed by atoms with Gasteiger partial charge in [0, 0.05) is 23.2 Å². The fraction of sp³-hybridized carbons (Fsp3) is 0.192. The molecule has 34 heavy (non-hydrogen) atoms. The summed E-state index contributed by atoms with van der Waals surface area (Å²) in [5.41, 5.74) is 3.96. The Balaban J connectivity index is 1.55. The largest absolute Gasteiger partial charge is 0.497 e. The van der Waals surface area contributed by atoms with Crippen LogP contribution in [0.2, 0.25) is 0 Å². The minimum Gasteiger partial charge on any atom is -0.497 e. The Hall–Kier alpha value is -3.78. The molecule has 0 bridgehead atoms. The Morgan fingerprint density at radius 3 is 2.53 bits per heavy atom. The van der Waals surface area contributed by atoms with Gasteiger partial charge in [0.15, 0.2) is 11.0 Å². The monoisotopic (exact) mass is 473 g/mol. The first-order valence-electron chi connectivity index (χ1n) is 10.9. The van der Waals surface area contributed by atoms with Gasteiger partial charge in [-0.3, -0.25) is 4.57 Å². The van der Waals surface area contributed by atoms with Crippen LogP contribution in [0.25, 0.3) is 5.69 Å². The molecular weight excluding hydrogens is 446 g/mol. The van der Waals surface area contributed by atoms with Crippen LogP contribution in [0.5, 0.6) is 5.75 Å². The number of nitrogens with zero attached hydrogens (tertiary/aromatic N) is 3. The molecule has 0 saturated carbocycles. The van der Waals surface area contributed by atoms with E-state index in [9.17, 15) is 4.79 Å². The van der Waals surface area contributed by atoms with E-state index in [1.165, 1.54) is 11.1 Å². The molecule has 1 heterocycles. The normalized spacial score (nSPS) is 11.6. The van der Waals surface area contributed by atoms with Crippen molar-refractivity contribution in [2.45, 2.75) is 30.8 Å².